The van der Waals surface area contributed by atoms with Crippen molar-refractivity contribution in [2.75, 3.05) is 0 Å². The number of benzene rings is 1. The van der Waals surface area contributed by atoms with Gasteiger partial charge in [0.25, 0.3) is 5.91 Å². The molecule has 0 aliphatic heterocycles. The second-order valence-corrected chi connectivity index (χ2v) is 5.87. The molecule has 0 aliphatic rings. The smallest absolute Gasteiger partial charge is 0.366 e. The summed E-state index contributed by atoms with van der Waals surface area (Å²) in [6.07, 6.45) is -2.44. The van der Waals surface area contributed by atoms with Gasteiger partial charge in [-0.05, 0) is 38.0 Å². The summed E-state index contributed by atoms with van der Waals surface area (Å²) in [5.41, 5.74) is 7.97. The fraction of sp³-hybridized carbons (Fsp3) is 0.389. The van der Waals surface area contributed by atoms with E-state index in [1.165, 1.54) is 12.1 Å². The molecule has 1 aromatic heterocycles. The maximum atomic E-state index is 12.7. The number of alkyl halides is 3. The predicted molar refractivity (Wildman–Crippen MR) is 87.8 cm³/mol. The number of unbranched alkanes of at least 4 members (excludes halogenated alkanes) is 1. The van der Waals surface area contributed by atoms with Crippen LogP contribution >= 0.6 is 0 Å². The highest BCUT2D eigenvalue weighted by atomic mass is 19.4. The van der Waals surface area contributed by atoms with Gasteiger partial charge in [0.15, 0.2) is 0 Å². The first-order valence-corrected chi connectivity index (χ1v) is 7.85. The molecule has 0 saturated heterocycles. The van der Waals surface area contributed by atoms with Crippen molar-refractivity contribution in [2.24, 2.45) is 5.73 Å². The molecule has 24 heavy (non-hydrogen) atoms. The van der Waals surface area contributed by atoms with Gasteiger partial charge in [0.1, 0.15) is 0 Å². The molecule has 0 unspecified atom stereocenters. The maximum absolute atomic E-state index is 12.7. The van der Waals surface area contributed by atoms with Crippen molar-refractivity contribution < 1.29 is 18.0 Å². The van der Waals surface area contributed by atoms with E-state index >= 15 is 0 Å². The van der Waals surface area contributed by atoms with E-state index in [0.717, 1.165) is 42.9 Å². The Balaban J connectivity index is 2.58. The van der Waals surface area contributed by atoms with Crippen LogP contribution in [0.3, 0.4) is 0 Å². The third kappa shape index (κ3) is 3.32. The maximum Gasteiger partial charge on any atom is 0.416 e. The fourth-order valence-electron chi connectivity index (χ4n) is 3.02. The number of primary amides is 1. The van der Waals surface area contributed by atoms with Gasteiger partial charge in [-0.3, -0.25) is 4.79 Å². The number of carbonyl (C=O) groups is 1. The van der Waals surface area contributed by atoms with Crippen LogP contribution in [0.25, 0.3) is 11.1 Å². The highest BCUT2D eigenvalue weighted by molar-refractivity contribution is 6.02. The molecule has 1 heterocycles. The molecule has 1 amide bonds. The van der Waals surface area contributed by atoms with Crippen LogP contribution in [0.2, 0.25) is 0 Å². The molecular formula is C18H21F3N2O. The summed E-state index contributed by atoms with van der Waals surface area (Å²) in [7, 11) is 0. The highest BCUT2D eigenvalue weighted by Crippen LogP contribution is 2.35. The summed E-state index contributed by atoms with van der Waals surface area (Å²) in [4.78, 5) is 11.9. The molecule has 2 N–H and O–H groups in total. The van der Waals surface area contributed by atoms with Gasteiger partial charge in [-0.2, -0.15) is 13.2 Å². The first-order chi connectivity index (χ1) is 11.2. The van der Waals surface area contributed by atoms with Crippen LogP contribution in [0.4, 0.5) is 13.2 Å². The van der Waals surface area contributed by atoms with Gasteiger partial charge < -0.3 is 10.3 Å². The molecule has 6 heteroatoms. The van der Waals surface area contributed by atoms with Crippen molar-refractivity contribution in [2.45, 2.75) is 46.3 Å². The zero-order valence-electron chi connectivity index (χ0n) is 14.0. The summed E-state index contributed by atoms with van der Waals surface area (Å²) in [5.74, 6) is -0.569. The van der Waals surface area contributed by atoms with E-state index in [4.69, 9.17) is 5.73 Å². The standard InChI is InChI=1S/C18H21F3N2O/c1-4-5-10-23-11(2)15(16(12(23)3)17(22)24)13-6-8-14(9-7-13)18(19,20)21/h6-9H,4-5,10H2,1-3H3,(H2,22,24). The molecule has 3 nitrogen and oxygen atoms in total. The normalized spacial score (nSPS) is 11.8. The molecule has 0 saturated carbocycles. The Hall–Kier alpha value is -2.24. The monoisotopic (exact) mass is 338 g/mol. The topological polar surface area (TPSA) is 48.0 Å². The zero-order valence-corrected chi connectivity index (χ0v) is 14.0. The van der Waals surface area contributed by atoms with Crippen molar-refractivity contribution in [3.63, 3.8) is 0 Å². The van der Waals surface area contributed by atoms with Crippen LogP contribution in [0.1, 0.15) is 47.1 Å². The van der Waals surface area contributed by atoms with Gasteiger partial charge in [-0.25, -0.2) is 0 Å². The van der Waals surface area contributed by atoms with Gasteiger partial charge >= 0.3 is 6.18 Å². The van der Waals surface area contributed by atoms with Gasteiger partial charge in [0.2, 0.25) is 0 Å². The molecule has 2 rings (SSSR count). The van der Waals surface area contributed by atoms with Crippen molar-refractivity contribution in [1.29, 1.82) is 0 Å². The van der Waals surface area contributed by atoms with E-state index in [9.17, 15) is 18.0 Å². The van der Waals surface area contributed by atoms with Crippen molar-refractivity contribution in [3.8, 4) is 11.1 Å². The number of rotatable bonds is 5. The summed E-state index contributed by atoms with van der Waals surface area (Å²) in [6.45, 7) is 6.49. The molecule has 2 aromatic rings. The Morgan fingerprint density at radius 3 is 2.17 bits per heavy atom. The van der Waals surface area contributed by atoms with E-state index in [0.29, 0.717) is 16.7 Å². The second-order valence-electron chi connectivity index (χ2n) is 5.87. The predicted octanol–water partition coefficient (Wildman–Crippen LogP) is 4.69. The van der Waals surface area contributed by atoms with Crippen LogP contribution in [0.5, 0.6) is 0 Å². The van der Waals surface area contributed by atoms with Crippen LogP contribution in [-0.4, -0.2) is 10.5 Å². The zero-order chi connectivity index (χ0) is 18.1. The minimum atomic E-state index is -4.39. The molecule has 0 atom stereocenters. The van der Waals surface area contributed by atoms with Gasteiger partial charge in [0, 0.05) is 23.5 Å². The molecule has 0 spiro atoms. The molecule has 0 fully saturated rings. The minimum Gasteiger partial charge on any atom is -0.366 e. The lowest BCUT2D eigenvalue weighted by Crippen LogP contribution is -2.13. The Morgan fingerprint density at radius 1 is 1.12 bits per heavy atom. The van der Waals surface area contributed by atoms with Gasteiger partial charge in [-0.15, -0.1) is 0 Å². The van der Waals surface area contributed by atoms with E-state index in [1.54, 1.807) is 0 Å². The first-order valence-electron chi connectivity index (χ1n) is 7.85. The van der Waals surface area contributed by atoms with E-state index in [1.807, 2.05) is 18.4 Å². The lowest BCUT2D eigenvalue weighted by atomic mass is 9.99. The van der Waals surface area contributed by atoms with Crippen LogP contribution in [0.15, 0.2) is 24.3 Å². The third-order valence-corrected chi connectivity index (χ3v) is 4.27. The number of hydrogen-bond acceptors (Lipinski definition) is 1. The highest BCUT2D eigenvalue weighted by Gasteiger charge is 2.30. The van der Waals surface area contributed by atoms with E-state index in [2.05, 4.69) is 6.92 Å². The summed E-state index contributed by atoms with van der Waals surface area (Å²) in [5, 5.41) is 0. The molecule has 0 radical (unpaired) electrons. The number of aromatic nitrogens is 1. The molecule has 0 aliphatic carbocycles. The summed E-state index contributed by atoms with van der Waals surface area (Å²) < 4.78 is 40.2. The largest absolute Gasteiger partial charge is 0.416 e. The van der Waals surface area contributed by atoms with Crippen molar-refractivity contribution in [1.82, 2.24) is 4.57 Å². The lowest BCUT2D eigenvalue weighted by Gasteiger charge is -2.10. The molecule has 0 bridgehead atoms. The van der Waals surface area contributed by atoms with E-state index in [-0.39, 0.29) is 0 Å². The van der Waals surface area contributed by atoms with Gasteiger partial charge in [-0.1, -0.05) is 25.5 Å². The molecule has 1 aromatic carbocycles. The number of halogens is 3. The Kier molecular flexibility index (Phi) is 5.06. The average Bonchev–Trinajstić information content (AvgIpc) is 2.75. The quantitative estimate of drug-likeness (QED) is 0.845. The fourth-order valence-corrected chi connectivity index (χ4v) is 3.02. The van der Waals surface area contributed by atoms with Crippen LogP contribution < -0.4 is 5.73 Å². The third-order valence-electron chi connectivity index (χ3n) is 4.27. The SMILES string of the molecule is CCCCn1c(C)c(C(N)=O)c(-c2ccc(C(F)(F)F)cc2)c1C. The Labute approximate surface area is 139 Å². The molecular weight excluding hydrogens is 317 g/mol. The average molecular weight is 338 g/mol. The first kappa shape index (κ1) is 18.1. The summed E-state index contributed by atoms with van der Waals surface area (Å²) >= 11 is 0. The minimum absolute atomic E-state index is 0.378. The second kappa shape index (κ2) is 6.71. The van der Waals surface area contributed by atoms with Crippen molar-refractivity contribution >= 4 is 5.91 Å². The van der Waals surface area contributed by atoms with Crippen LogP contribution in [-0.2, 0) is 12.7 Å². The number of amides is 1. The van der Waals surface area contributed by atoms with Crippen LogP contribution in [0, 0.1) is 13.8 Å². The Bertz CT molecular complexity index is 743. The molecule has 130 valence electrons. The van der Waals surface area contributed by atoms with E-state index < -0.39 is 17.6 Å². The summed E-state index contributed by atoms with van der Waals surface area (Å²) in [6, 6.07) is 4.83. The number of nitrogens with two attached hydrogens (primary N) is 1. The Morgan fingerprint density at radius 2 is 1.71 bits per heavy atom. The number of nitrogens with zero attached hydrogens (tertiary/aromatic N) is 1. The van der Waals surface area contributed by atoms with Crippen molar-refractivity contribution in [3.05, 3.63) is 46.8 Å². The number of carbonyl (C=O) groups excluding carboxylic acids is 1. The number of hydrogen-bond donors (Lipinski definition) is 1. The van der Waals surface area contributed by atoms with Gasteiger partial charge in [0.05, 0.1) is 11.1 Å². The lowest BCUT2D eigenvalue weighted by molar-refractivity contribution is -0.137.